The Labute approximate surface area is 115 Å². The minimum absolute atomic E-state index is 0.714. The molecule has 0 unspecified atom stereocenters. The number of hydrogen-bond donors (Lipinski definition) is 1. The molecule has 0 aliphatic heterocycles. The number of aromatic nitrogens is 2. The average Bonchev–Trinajstić information content (AvgIpc) is 2.66. The summed E-state index contributed by atoms with van der Waals surface area (Å²) in [5.41, 5.74) is 3.28. The van der Waals surface area contributed by atoms with E-state index in [0.29, 0.717) is 5.02 Å². The van der Waals surface area contributed by atoms with Gasteiger partial charge in [0, 0.05) is 5.02 Å². The smallest absolute Gasteiger partial charge is 0.178 e. The molecule has 90 valence electrons. The van der Waals surface area contributed by atoms with E-state index in [1.165, 1.54) is 5.56 Å². The van der Waals surface area contributed by atoms with Crippen LogP contribution in [0.3, 0.4) is 0 Å². The normalized spacial score (nSPS) is 10.9. The van der Waals surface area contributed by atoms with Crippen LogP contribution in [0.1, 0.15) is 5.56 Å². The molecule has 0 aliphatic rings. The first kappa shape index (κ1) is 11.5. The van der Waals surface area contributed by atoms with Crippen LogP contribution in [-0.4, -0.2) is 9.55 Å². The number of imidazole rings is 1. The maximum Gasteiger partial charge on any atom is 0.178 e. The fourth-order valence-electron chi connectivity index (χ4n) is 2.06. The number of H-pyrrole nitrogens is 1. The van der Waals surface area contributed by atoms with Crippen molar-refractivity contribution < 1.29 is 0 Å². The molecule has 4 heteroatoms. The number of benzene rings is 2. The zero-order chi connectivity index (χ0) is 12.5. The molecule has 0 saturated carbocycles. The fraction of sp³-hybridized carbons (Fsp3) is 0.0714. The summed E-state index contributed by atoms with van der Waals surface area (Å²) in [6.07, 6.45) is 0. The third-order valence-electron chi connectivity index (χ3n) is 2.92. The van der Waals surface area contributed by atoms with Gasteiger partial charge in [0.15, 0.2) is 4.77 Å². The van der Waals surface area contributed by atoms with Gasteiger partial charge in [-0.3, -0.25) is 0 Å². The van der Waals surface area contributed by atoms with E-state index in [4.69, 9.17) is 23.8 Å². The number of halogens is 1. The summed E-state index contributed by atoms with van der Waals surface area (Å²) >= 11 is 11.3. The van der Waals surface area contributed by atoms with E-state index in [2.05, 4.69) is 21.7 Å². The van der Waals surface area contributed by atoms with E-state index in [1.807, 2.05) is 36.4 Å². The summed E-state index contributed by atoms with van der Waals surface area (Å²) in [6, 6.07) is 16.0. The Hall–Kier alpha value is -1.58. The van der Waals surface area contributed by atoms with Gasteiger partial charge in [0.2, 0.25) is 0 Å². The van der Waals surface area contributed by atoms with Crippen molar-refractivity contribution in [1.29, 1.82) is 0 Å². The van der Waals surface area contributed by atoms with E-state index < -0.39 is 0 Å². The van der Waals surface area contributed by atoms with Crippen LogP contribution in [0.25, 0.3) is 11.0 Å². The average molecular weight is 275 g/mol. The van der Waals surface area contributed by atoms with Crippen LogP contribution < -0.4 is 0 Å². The highest BCUT2D eigenvalue weighted by molar-refractivity contribution is 7.71. The van der Waals surface area contributed by atoms with Crippen molar-refractivity contribution in [3.8, 4) is 0 Å². The van der Waals surface area contributed by atoms with Gasteiger partial charge >= 0.3 is 0 Å². The molecule has 0 bridgehead atoms. The lowest BCUT2D eigenvalue weighted by Crippen LogP contribution is -1.99. The molecule has 0 fully saturated rings. The number of nitrogens with zero attached hydrogens (tertiary/aromatic N) is 1. The van der Waals surface area contributed by atoms with E-state index >= 15 is 0 Å². The Bertz CT molecular complexity index is 743. The Kier molecular flexibility index (Phi) is 2.94. The predicted octanol–water partition coefficient (Wildman–Crippen LogP) is 4.40. The second-order valence-corrected chi connectivity index (χ2v) is 4.99. The van der Waals surface area contributed by atoms with Gasteiger partial charge in [-0.05, 0) is 36.0 Å². The molecule has 0 aliphatic carbocycles. The molecule has 3 aromatic rings. The Morgan fingerprint density at radius 1 is 1.11 bits per heavy atom. The van der Waals surface area contributed by atoms with Gasteiger partial charge in [-0.15, -0.1) is 0 Å². The summed E-state index contributed by atoms with van der Waals surface area (Å²) in [4.78, 5) is 3.18. The first-order valence-electron chi connectivity index (χ1n) is 5.66. The number of nitrogens with one attached hydrogen (secondary N) is 1. The minimum Gasteiger partial charge on any atom is -0.331 e. The first-order valence-corrected chi connectivity index (χ1v) is 6.45. The summed E-state index contributed by atoms with van der Waals surface area (Å²) < 4.78 is 2.80. The largest absolute Gasteiger partial charge is 0.331 e. The molecule has 0 amide bonds. The van der Waals surface area contributed by atoms with Gasteiger partial charge in [0.1, 0.15) is 0 Å². The molecule has 0 saturated heterocycles. The Morgan fingerprint density at radius 2 is 1.89 bits per heavy atom. The molecular weight excluding hydrogens is 264 g/mol. The van der Waals surface area contributed by atoms with Crippen LogP contribution in [0.2, 0.25) is 5.02 Å². The van der Waals surface area contributed by atoms with Gasteiger partial charge < -0.3 is 9.55 Å². The molecule has 3 rings (SSSR count). The second-order valence-electron chi connectivity index (χ2n) is 4.16. The van der Waals surface area contributed by atoms with Gasteiger partial charge in [0.05, 0.1) is 17.6 Å². The lowest BCUT2D eigenvalue weighted by molar-refractivity contribution is 0.810. The third-order valence-corrected chi connectivity index (χ3v) is 3.48. The van der Waals surface area contributed by atoms with Crippen LogP contribution in [0, 0.1) is 4.77 Å². The van der Waals surface area contributed by atoms with Crippen molar-refractivity contribution >= 4 is 34.9 Å². The highest BCUT2D eigenvalue weighted by atomic mass is 35.5. The molecule has 0 radical (unpaired) electrons. The van der Waals surface area contributed by atoms with Crippen molar-refractivity contribution in [2.75, 3.05) is 0 Å². The number of aromatic amines is 1. The molecular formula is C14H11ClN2S. The van der Waals surface area contributed by atoms with Gasteiger partial charge in [-0.1, -0.05) is 41.9 Å². The van der Waals surface area contributed by atoms with Gasteiger partial charge in [0.25, 0.3) is 0 Å². The van der Waals surface area contributed by atoms with E-state index in [0.717, 1.165) is 22.3 Å². The number of rotatable bonds is 2. The molecule has 2 aromatic carbocycles. The maximum atomic E-state index is 5.98. The fourth-order valence-corrected chi connectivity index (χ4v) is 2.50. The molecule has 2 nitrogen and oxygen atoms in total. The van der Waals surface area contributed by atoms with Crippen LogP contribution in [0.15, 0.2) is 48.5 Å². The predicted molar refractivity (Wildman–Crippen MR) is 77.7 cm³/mol. The van der Waals surface area contributed by atoms with Crippen molar-refractivity contribution in [2.45, 2.75) is 6.54 Å². The second kappa shape index (κ2) is 4.59. The lowest BCUT2D eigenvalue weighted by atomic mass is 10.2. The lowest BCUT2D eigenvalue weighted by Gasteiger charge is -2.04. The topological polar surface area (TPSA) is 20.7 Å². The number of fused-ring (bicyclic) bond motifs is 1. The summed E-state index contributed by atoms with van der Waals surface area (Å²) in [5, 5.41) is 0.714. The quantitative estimate of drug-likeness (QED) is 0.687. The highest BCUT2D eigenvalue weighted by Gasteiger charge is 2.05. The van der Waals surface area contributed by atoms with Crippen molar-refractivity contribution in [1.82, 2.24) is 9.55 Å². The van der Waals surface area contributed by atoms with E-state index in [1.54, 1.807) is 0 Å². The molecule has 1 heterocycles. The molecule has 1 N–H and O–H groups in total. The SMILES string of the molecule is S=c1[nH]c2cc(Cl)ccc2n1Cc1ccccc1. The summed E-state index contributed by atoms with van der Waals surface area (Å²) in [6.45, 7) is 0.765. The van der Waals surface area contributed by atoms with Gasteiger partial charge in [-0.25, -0.2) is 0 Å². The zero-order valence-electron chi connectivity index (χ0n) is 9.56. The highest BCUT2D eigenvalue weighted by Crippen LogP contribution is 2.20. The molecule has 0 atom stereocenters. The minimum atomic E-state index is 0.714. The van der Waals surface area contributed by atoms with Crippen molar-refractivity contribution in [3.05, 3.63) is 63.9 Å². The zero-order valence-corrected chi connectivity index (χ0v) is 11.1. The third kappa shape index (κ3) is 2.07. The molecule has 0 spiro atoms. The van der Waals surface area contributed by atoms with Crippen LogP contribution in [0.4, 0.5) is 0 Å². The monoisotopic (exact) mass is 274 g/mol. The van der Waals surface area contributed by atoms with Crippen molar-refractivity contribution in [3.63, 3.8) is 0 Å². The summed E-state index contributed by atoms with van der Waals surface area (Å²) in [5.74, 6) is 0. The van der Waals surface area contributed by atoms with E-state index in [9.17, 15) is 0 Å². The Morgan fingerprint density at radius 3 is 2.67 bits per heavy atom. The Balaban J connectivity index is 2.12. The number of hydrogen-bond acceptors (Lipinski definition) is 1. The maximum absolute atomic E-state index is 5.98. The van der Waals surface area contributed by atoms with Crippen LogP contribution in [-0.2, 0) is 6.54 Å². The molecule has 18 heavy (non-hydrogen) atoms. The molecule has 1 aromatic heterocycles. The van der Waals surface area contributed by atoms with Gasteiger partial charge in [-0.2, -0.15) is 0 Å². The standard InChI is InChI=1S/C14H11ClN2S/c15-11-6-7-13-12(8-11)16-14(18)17(13)9-10-4-2-1-3-5-10/h1-8H,9H2,(H,16,18). The summed E-state index contributed by atoms with van der Waals surface area (Å²) in [7, 11) is 0. The first-order chi connectivity index (χ1) is 8.74. The van der Waals surface area contributed by atoms with E-state index in [-0.39, 0.29) is 0 Å². The van der Waals surface area contributed by atoms with Crippen molar-refractivity contribution in [2.24, 2.45) is 0 Å². The van der Waals surface area contributed by atoms with Crippen LogP contribution >= 0.6 is 23.8 Å². The van der Waals surface area contributed by atoms with Crippen LogP contribution in [0.5, 0.6) is 0 Å².